The summed E-state index contributed by atoms with van der Waals surface area (Å²) in [7, 11) is 1.62. The van der Waals surface area contributed by atoms with Crippen LogP contribution in [-0.2, 0) is 6.54 Å². The molecule has 0 saturated heterocycles. The maximum absolute atomic E-state index is 12.0. The van der Waals surface area contributed by atoms with Gasteiger partial charge in [-0.1, -0.05) is 6.92 Å². The van der Waals surface area contributed by atoms with Crippen LogP contribution in [0.4, 0.5) is 4.39 Å². The summed E-state index contributed by atoms with van der Waals surface area (Å²) in [6.07, 6.45) is 0. The number of alkyl halides is 1. The molecular formula is C12H18FNO2. The lowest BCUT2D eigenvalue weighted by Gasteiger charge is -2.12. The van der Waals surface area contributed by atoms with Crippen LogP contribution < -0.4 is 14.8 Å². The molecule has 0 saturated carbocycles. The Bertz CT molecular complexity index is 318. The van der Waals surface area contributed by atoms with Crippen molar-refractivity contribution in [2.24, 2.45) is 0 Å². The van der Waals surface area contributed by atoms with Gasteiger partial charge in [-0.25, -0.2) is 4.39 Å². The summed E-state index contributed by atoms with van der Waals surface area (Å²) in [5.74, 6) is 1.49. The highest BCUT2D eigenvalue weighted by Crippen LogP contribution is 2.24. The summed E-state index contributed by atoms with van der Waals surface area (Å²) in [6, 6.07) is 5.51. The third-order valence-electron chi connectivity index (χ3n) is 2.17. The predicted molar refractivity (Wildman–Crippen MR) is 61.8 cm³/mol. The zero-order valence-corrected chi connectivity index (χ0v) is 9.75. The van der Waals surface area contributed by atoms with E-state index >= 15 is 0 Å². The van der Waals surface area contributed by atoms with Crippen molar-refractivity contribution in [1.82, 2.24) is 5.32 Å². The SMILES string of the molecule is CCNCc1cc(OC)ccc1OCCF. The van der Waals surface area contributed by atoms with Gasteiger partial charge in [0.05, 0.1) is 7.11 Å². The average Bonchev–Trinajstić information content (AvgIpc) is 2.34. The molecule has 3 nitrogen and oxygen atoms in total. The molecule has 1 aromatic rings. The van der Waals surface area contributed by atoms with Gasteiger partial charge in [0.25, 0.3) is 0 Å². The number of benzene rings is 1. The molecule has 0 spiro atoms. The Hall–Kier alpha value is -1.29. The van der Waals surface area contributed by atoms with Crippen LogP contribution in [0.25, 0.3) is 0 Å². The Morgan fingerprint density at radius 1 is 1.38 bits per heavy atom. The van der Waals surface area contributed by atoms with Crippen LogP contribution in [0, 0.1) is 0 Å². The number of halogens is 1. The van der Waals surface area contributed by atoms with E-state index in [1.165, 1.54) is 0 Å². The van der Waals surface area contributed by atoms with E-state index in [-0.39, 0.29) is 6.61 Å². The minimum atomic E-state index is -0.479. The van der Waals surface area contributed by atoms with E-state index in [1.54, 1.807) is 13.2 Å². The highest BCUT2D eigenvalue weighted by Gasteiger charge is 2.05. The van der Waals surface area contributed by atoms with Gasteiger partial charge in [0.15, 0.2) is 0 Å². The molecule has 0 radical (unpaired) electrons. The molecule has 4 heteroatoms. The topological polar surface area (TPSA) is 30.5 Å². The molecular weight excluding hydrogens is 209 g/mol. The summed E-state index contributed by atoms with van der Waals surface area (Å²) < 4.78 is 22.5. The first-order valence-electron chi connectivity index (χ1n) is 5.38. The van der Waals surface area contributed by atoms with Crippen molar-refractivity contribution in [2.75, 3.05) is 26.9 Å². The first kappa shape index (κ1) is 12.8. The third kappa shape index (κ3) is 3.70. The molecule has 0 aliphatic carbocycles. The lowest BCUT2D eigenvalue weighted by atomic mass is 10.2. The third-order valence-corrected chi connectivity index (χ3v) is 2.17. The van der Waals surface area contributed by atoms with Crippen molar-refractivity contribution < 1.29 is 13.9 Å². The smallest absolute Gasteiger partial charge is 0.124 e. The van der Waals surface area contributed by atoms with Crippen LogP contribution in [0.5, 0.6) is 11.5 Å². The van der Waals surface area contributed by atoms with E-state index in [4.69, 9.17) is 9.47 Å². The molecule has 16 heavy (non-hydrogen) atoms. The molecule has 0 heterocycles. The lowest BCUT2D eigenvalue weighted by molar-refractivity contribution is 0.270. The largest absolute Gasteiger partial charge is 0.497 e. The summed E-state index contributed by atoms with van der Waals surface area (Å²) in [4.78, 5) is 0. The number of ether oxygens (including phenoxy) is 2. The Morgan fingerprint density at radius 3 is 2.81 bits per heavy atom. The number of methoxy groups -OCH3 is 1. The average molecular weight is 227 g/mol. The fraction of sp³-hybridized carbons (Fsp3) is 0.500. The highest BCUT2D eigenvalue weighted by molar-refractivity contribution is 5.40. The fourth-order valence-corrected chi connectivity index (χ4v) is 1.37. The Labute approximate surface area is 95.6 Å². The quantitative estimate of drug-likeness (QED) is 0.774. The van der Waals surface area contributed by atoms with Crippen LogP contribution in [-0.4, -0.2) is 26.9 Å². The van der Waals surface area contributed by atoms with Gasteiger partial charge in [0.2, 0.25) is 0 Å². The van der Waals surface area contributed by atoms with Crippen LogP contribution in [0.2, 0.25) is 0 Å². The first-order valence-corrected chi connectivity index (χ1v) is 5.38. The second-order valence-electron chi connectivity index (χ2n) is 3.29. The van der Waals surface area contributed by atoms with Gasteiger partial charge >= 0.3 is 0 Å². The van der Waals surface area contributed by atoms with Gasteiger partial charge in [-0.15, -0.1) is 0 Å². The lowest BCUT2D eigenvalue weighted by Crippen LogP contribution is -2.13. The second kappa shape index (κ2) is 7.06. The Kier molecular flexibility index (Phi) is 5.64. The van der Waals surface area contributed by atoms with E-state index in [9.17, 15) is 4.39 Å². The van der Waals surface area contributed by atoms with E-state index < -0.39 is 6.67 Å². The molecule has 1 aromatic carbocycles. The van der Waals surface area contributed by atoms with E-state index in [2.05, 4.69) is 5.32 Å². The Morgan fingerprint density at radius 2 is 2.19 bits per heavy atom. The summed E-state index contributed by atoms with van der Waals surface area (Å²) in [5, 5.41) is 3.20. The standard InChI is InChI=1S/C12H18FNO2/c1-3-14-9-10-8-11(15-2)4-5-12(10)16-7-6-13/h4-5,8,14H,3,6-7,9H2,1-2H3. The van der Waals surface area contributed by atoms with Crippen molar-refractivity contribution in [3.8, 4) is 11.5 Å². The molecule has 90 valence electrons. The van der Waals surface area contributed by atoms with Gasteiger partial charge in [0, 0.05) is 12.1 Å². The van der Waals surface area contributed by atoms with E-state index in [1.807, 2.05) is 19.1 Å². The van der Waals surface area contributed by atoms with Crippen LogP contribution >= 0.6 is 0 Å². The summed E-state index contributed by atoms with van der Waals surface area (Å²) in [5.41, 5.74) is 0.981. The fourth-order valence-electron chi connectivity index (χ4n) is 1.37. The van der Waals surface area contributed by atoms with E-state index in [0.717, 1.165) is 17.9 Å². The second-order valence-corrected chi connectivity index (χ2v) is 3.29. The molecule has 0 fully saturated rings. The van der Waals surface area contributed by atoms with Gasteiger partial charge in [0.1, 0.15) is 24.8 Å². The predicted octanol–water partition coefficient (Wildman–Crippen LogP) is 2.15. The van der Waals surface area contributed by atoms with E-state index in [0.29, 0.717) is 12.3 Å². The molecule has 1 N–H and O–H groups in total. The minimum Gasteiger partial charge on any atom is -0.497 e. The zero-order chi connectivity index (χ0) is 11.8. The maximum Gasteiger partial charge on any atom is 0.124 e. The van der Waals surface area contributed by atoms with Crippen molar-refractivity contribution in [1.29, 1.82) is 0 Å². The number of hydrogen-bond donors (Lipinski definition) is 1. The first-order chi connectivity index (χ1) is 7.81. The van der Waals surface area contributed by atoms with Gasteiger partial charge in [-0.05, 0) is 24.7 Å². The molecule has 0 atom stereocenters. The van der Waals surface area contributed by atoms with Gasteiger partial charge in [-0.2, -0.15) is 0 Å². The van der Waals surface area contributed by atoms with Crippen molar-refractivity contribution >= 4 is 0 Å². The normalized spacial score (nSPS) is 10.2. The molecule has 0 bridgehead atoms. The molecule has 0 aromatic heterocycles. The minimum absolute atomic E-state index is 0.0887. The number of hydrogen-bond acceptors (Lipinski definition) is 3. The van der Waals surface area contributed by atoms with Crippen LogP contribution in [0.15, 0.2) is 18.2 Å². The van der Waals surface area contributed by atoms with Crippen LogP contribution in [0.3, 0.4) is 0 Å². The maximum atomic E-state index is 12.0. The number of rotatable bonds is 7. The molecule has 0 unspecified atom stereocenters. The molecule has 0 aliphatic heterocycles. The van der Waals surface area contributed by atoms with Gasteiger partial charge in [-0.3, -0.25) is 0 Å². The highest BCUT2D eigenvalue weighted by atomic mass is 19.1. The van der Waals surface area contributed by atoms with Crippen LogP contribution in [0.1, 0.15) is 12.5 Å². The molecule has 1 rings (SSSR count). The summed E-state index contributed by atoms with van der Waals surface area (Å²) >= 11 is 0. The van der Waals surface area contributed by atoms with Crippen molar-refractivity contribution in [2.45, 2.75) is 13.5 Å². The Balaban J connectivity index is 2.78. The van der Waals surface area contributed by atoms with Gasteiger partial charge < -0.3 is 14.8 Å². The summed E-state index contributed by atoms with van der Waals surface area (Å²) in [6.45, 7) is 3.20. The van der Waals surface area contributed by atoms with Crippen molar-refractivity contribution in [3.63, 3.8) is 0 Å². The zero-order valence-electron chi connectivity index (χ0n) is 9.75. The number of nitrogens with one attached hydrogen (secondary N) is 1. The monoisotopic (exact) mass is 227 g/mol. The molecule has 0 amide bonds. The van der Waals surface area contributed by atoms with Crippen molar-refractivity contribution in [3.05, 3.63) is 23.8 Å². The molecule has 0 aliphatic rings.